The van der Waals surface area contributed by atoms with Crippen LogP contribution < -0.4 is 0 Å². The second-order valence-electron chi connectivity index (χ2n) is 3.74. The van der Waals surface area contributed by atoms with Crippen molar-refractivity contribution in [1.82, 2.24) is 14.8 Å². The van der Waals surface area contributed by atoms with E-state index in [9.17, 15) is 4.79 Å². The van der Waals surface area contributed by atoms with Gasteiger partial charge in [-0.1, -0.05) is 29.3 Å². The molecule has 0 saturated carbocycles. The summed E-state index contributed by atoms with van der Waals surface area (Å²) in [6.45, 7) is 2.51. The highest BCUT2D eigenvalue weighted by atomic mass is 35.5. The van der Waals surface area contributed by atoms with Gasteiger partial charge in [-0.15, -0.1) is 0 Å². The zero-order valence-corrected chi connectivity index (χ0v) is 11.2. The van der Waals surface area contributed by atoms with Crippen LogP contribution in [0.5, 0.6) is 0 Å². The largest absolute Gasteiger partial charge is 0.290 e. The molecule has 1 heterocycles. The number of rotatable bonds is 4. The standard InChI is InChI=1S/C12H11Cl2N3O/c1-2-17-12(15-7-16-17)11(18)5-8-3-4-9(13)6-10(8)14/h3-4,6-7H,2,5H2,1H3. The lowest BCUT2D eigenvalue weighted by atomic mass is 10.1. The molecule has 0 radical (unpaired) electrons. The molecule has 0 aliphatic heterocycles. The Morgan fingerprint density at radius 2 is 2.17 bits per heavy atom. The van der Waals surface area contributed by atoms with E-state index in [4.69, 9.17) is 23.2 Å². The van der Waals surface area contributed by atoms with Gasteiger partial charge in [-0.05, 0) is 24.6 Å². The van der Waals surface area contributed by atoms with Crippen molar-refractivity contribution in [2.24, 2.45) is 0 Å². The van der Waals surface area contributed by atoms with Crippen LogP contribution in [0.1, 0.15) is 23.1 Å². The lowest BCUT2D eigenvalue weighted by Crippen LogP contribution is -2.13. The molecule has 0 amide bonds. The molecular formula is C12H11Cl2N3O. The van der Waals surface area contributed by atoms with Gasteiger partial charge in [-0.25, -0.2) is 9.67 Å². The lowest BCUT2D eigenvalue weighted by molar-refractivity contribution is 0.0977. The number of hydrogen-bond acceptors (Lipinski definition) is 3. The minimum atomic E-state index is -0.112. The normalized spacial score (nSPS) is 10.6. The molecule has 0 spiro atoms. The maximum atomic E-state index is 12.1. The number of halogens is 2. The first-order chi connectivity index (χ1) is 8.61. The van der Waals surface area contributed by atoms with E-state index in [2.05, 4.69) is 10.1 Å². The molecule has 1 aromatic heterocycles. The maximum Gasteiger partial charge on any atom is 0.204 e. The zero-order valence-electron chi connectivity index (χ0n) is 9.73. The van der Waals surface area contributed by atoms with Gasteiger partial charge < -0.3 is 0 Å². The number of benzene rings is 1. The Balaban J connectivity index is 2.21. The van der Waals surface area contributed by atoms with Crippen LogP contribution in [-0.2, 0) is 13.0 Å². The molecule has 1 aromatic carbocycles. The van der Waals surface area contributed by atoms with Crippen LogP contribution in [0.2, 0.25) is 10.0 Å². The topological polar surface area (TPSA) is 47.8 Å². The fourth-order valence-electron chi connectivity index (χ4n) is 1.63. The molecule has 2 aromatic rings. The molecule has 0 fully saturated rings. The average Bonchev–Trinajstić information content (AvgIpc) is 2.81. The minimum absolute atomic E-state index is 0.112. The van der Waals surface area contributed by atoms with Crippen LogP contribution in [0.3, 0.4) is 0 Å². The molecule has 0 unspecified atom stereocenters. The van der Waals surface area contributed by atoms with Gasteiger partial charge in [0.15, 0.2) is 5.82 Å². The highest BCUT2D eigenvalue weighted by Crippen LogP contribution is 2.22. The summed E-state index contributed by atoms with van der Waals surface area (Å²) in [5, 5.41) is 5.00. The number of carbonyl (C=O) groups excluding carboxylic acids is 1. The first-order valence-corrected chi connectivity index (χ1v) is 6.22. The van der Waals surface area contributed by atoms with Crippen molar-refractivity contribution in [3.8, 4) is 0 Å². The zero-order chi connectivity index (χ0) is 13.1. The summed E-state index contributed by atoms with van der Waals surface area (Å²) in [6, 6.07) is 5.08. The quantitative estimate of drug-likeness (QED) is 0.811. The highest BCUT2D eigenvalue weighted by Gasteiger charge is 2.15. The lowest BCUT2D eigenvalue weighted by Gasteiger charge is -2.04. The number of aryl methyl sites for hydroxylation is 1. The second kappa shape index (κ2) is 5.50. The summed E-state index contributed by atoms with van der Waals surface area (Å²) in [6.07, 6.45) is 1.56. The van der Waals surface area contributed by atoms with E-state index in [0.717, 1.165) is 5.56 Å². The van der Waals surface area contributed by atoms with Gasteiger partial charge in [0, 0.05) is 23.0 Å². The van der Waals surface area contributed by atoms with E-state index in [1.54, 1.807) is 22.9 Å². The monoisotopic (exact) mass is 283 g/mol. The first-order valence-electron chi connectivity index (χ1n) is 5.46. The number of carbonyl (C=O) groups is 1. The molecule has 0 saturated heterocycles. The Labute approximate surface area is 115 Å². The molecule has 0 aliphatic rings. The van der Waals surface area contributed by atoms with Crippen molar-refractivity contribution in [3.05, 3.63) is 46.0 Å². The van der Waals surface area contributed by atoms with Gasteiger partial charge in [0.2, 0.25) is 5.78 Å². The third-order valence-electron chi connectivity index (χ3n) is 2.53. The number of hydrogen-bond donors (Lipinski definition) is 0. The van der Waals surface area contributed by atoms with Crippen molar-refractivity contribution in [3.63, 3.8) is 0 Å². The molecule has 0 aliphatic carbocycles. The van der Waals surface area contributed by atoms with Crippen molar-refractivity contribution < 1.29 is 4.79 Å². The van der Waals surface area contributed by atoms with E-state index >= 15 is 0 Å². The van der Waals surface area contributed by atoms with Crippen LogP contribution in [0.15, 0.2) is 24.5 Å². The highest BCUT2D eigenvalue weighted by molar-refractivity contribution is 6.35. The van der Waals surface area contributed by atoms with Gasteiger partial charge in [0.25, 0.3) is 0 Å². The summed E-state index contributed by atoms with van der Waals surface area (Å²) in [5.74, 6) is 0.238. The summed E-state index contributed by atoms with van der Waals surface area (Å²) < 4.78 is 1.56. The van der Waals surface area contributed by atoms with E-state index < -0.39 is 0 Å². The molecule has 6 heteroatoms. The summed E-state index contributed by atoms with van der Waals surface area (Å²) in [4.78, 5) is 16.0. The van der Waals surface area contributed by atoms with Gasteiger partial charge in [-0.2, -0.15) is 5.10 Å². The summed E-state index contributed by atoms with van der Waals surface area (Å²) in [5.41, 5.74) is 0.733. The predicted octanol–water partition coefficient (Wildman–Crippen LogP) is 3.03. The van der Waals surface area contributed by atoms with Gasteiger partial charge >= 0.3 is 0 Å². The van der Waals surface area contributed by atoms with Crippen LogP contribution in [0, 0.1) is 0 Å². The molecule has 2 rings (SSSR count). The Hall–Kier alpha value is -1.39. The van der Waals surface area contributed by atoms with Crippen molar-refractivity contribution >= 4 is 29.0 Å². The van der Waals surface area contributed by atoms with Crippen LogP contribution in [-0.4, -0.2) is 20.5 Å². The van der Waals surface area contributed by atoms with Crippen molar-refractivity contribution in [2.45, 2.75) is 19.9 Å². The predicted molar refractivity (Wildman–Crippen MR) is 70.2 cm³/mol. The fourth-order valence-corrected chi connectivity index (χ4v) is 2.10. The molecule has 94 valence electrons. The second-order valence-corrected chi connectivity index (χ2v) is 4.58. The van der Waals surface area contributed by atoms with Gasteiger partial charge in [0.1, 0.15) is 6.33 Å². The maximum absolute atomic E-state index is 12.1. The van der Waals surface area contributed by atoms with Gasteiger partial charge in [-0.3, -0.25) is 4.79 Å². The van der Waals surface area contributed by atoms with E-state index in [1.807, 2.05) is 6.92 Å². The molecule has 18 heavy (non-hydrogen) atoms. The summed E-state index contributed by atoms with van der Waals surface area (Å²) >= 11 is 11.8. The SMILES string of the molecule is CCn1ncnc1C(=O)Cc1ccc(Cl)cc1Cl. The van der Waals surface area contributed by atoms with E-state index in [-0.39, 0.29) is 12.2 Å². The number of ketones is 1. The minimum Gasteiger partial charge on any atom is -0.290 e. The van der Waals surface area contributed by atoms with Crippen molar-refractivity contribution in [2.75, 3.05) is 0 Å². The van der Waals surface area contributed by atoms with Crippen molar-refractivity contribution in [1.29, 1.82) is 0 Å². The molecule has 4 nitrogen and oxygen atoms in total. The van der Waals surface area contributed by atoms with E-state index in [0.29, 0.717) is 22.4 Å². The molecule has 0 bridgehead atoms. The van der Waals surface area contributed by atoms with Crippen LogP contribution in [0.4, 0.5) is 0 Å². The van der Waals surface area contributed by atoms with Gasteiger partial charge in [0.05, 0.1) is 0 Å². The number of aromatic nitrogens is 3. The summed E-state index contributed by atoms with van der Waals surface area (Å²) in [7, 11) is 0. The van der Waals surface area contributed by atoms with Crippen LogP contribution >= 0.6 is 23.2 Å². The molecule has 0 atom stereocenters. The Bertz CT molecular complexity index is 580. The van der Waals surface area contributed by atoms with E-state index in [1.165, 1.54) is 6.33 Å². The molecule has 0 N–H and O–H groups in total. The van der Waals surface area contributed by atoms with Crippen LogP contribution in [0.25, 0.3) is 0 Å². The number of nitrogens with zero attached hydrogens (tertiary/aromatic N) is 3. The molecular weight excluding hydrogens is 273 g/mol. The first kappa shape index (κ1) is 13.1. The Kier molecular flexibility index (Phi) is 3.99. The average molecular weight is 284 g/mol. The number of Topliss-reactive ketones (excluding diaryl/α,β-unsaturated/α-hetero) is 1. The third-order valence-corrected chi connectivity index (χ3v) is 3.12. The third kappa shape index (κ3) is 2.71. The smallest absolute Gasteiger partial charge is 0.204 e. The Morgan fingerprint density at radius 1 is 1.39 bits per heavy atom. The Morgan fingerprint density at radius 3 is 2.83 bits per heavy atom. The fraction of sp³-hybridized carbons (Fsp3) is 0.250.